The molecule has 3 aromatic rings. The Morgan fingerprint density at radius 3 is 2.21 bits per heavy atom. The van der Waals surface area contributed by atoms with Crippen molar-refractivity contribution in [2.45, 2.75) is 25.4 Å². The zero-order valence-corrected chi connectivity index (χ0v) is 18.8. The molecule has 1 aromatic heterocycles. The van der Waals surface area contributed by atoms with E-state index in [0.717, 1.165) is 24.2 Å². The van der Waals surface area contributed by atoms with Crippen molar-refractivity contribution in [1.82, 2.24) is 19.7 Å². The second-order valence-electron chi connectivity index (χ2n) is 7.64. The number of aromatic nitrogens is 3. The summed E-state index contributed by atoms with van der Waals surface area (Å²) < 4.78 is 18.8. The summed E-state index contributed by atoms with van der Waals surface area (Å²) in [5, 5.41) is 10.0. The molecule has 1 saturated carbocycles. The average Bonchev–Trinajstić information content (AvgIpc) is 3.62. The minimum Gasteiger partial charge on any atom is -0.497 e. The molecule has 1 heterocycles. The molecule has 1 aliphatic carbocycles. The van der Waals surface area contributed by atoms with Crippen molar-refractivity contribution in [1.29, 1.82) is 0 Å². The Morgan fingerprint density at radius 2 is 1.64 bits per heavy atom. The summed E-state index contributed by atoms with van der Waals surface area (Å²) in [5.74, 6) is 2.49. The first-order valence-electron chi connectivity index (χ1n) is 10.6. The van der Waals surface area contributed by atoms with Gasteiger partial charge in [-0.15, -0.1) is 5.10 Å². The van der Waals surface area contributed by atoms with Crippen molar-refractivity contribution < 1.29 is 19.0 Å². The van der Waals surface area contributed by atoms with Gasteiger partial charge in [-0.05, 0) is 37.1 Å². The molecule has 0 aliphatic heterocycles. The van der Waals surface area contributed by atoms with Crippen LogP contribution < -0.4 is 30.5 Å². The van der Waals surface area contributed by atoms with E-state index >= 15 is 0 Å². The van der Waals surface area contributed by atoms with Crippen LogP contribution in [0.3, 0.4) is 0 Å². The Balaban J connectivity index is 1.42. The van der Waals surface area contributed by atoms with Crippen LogP contribution >= 0.6 is 0 Å². The second-order valence-corrected chi connectivity index (χ2v) is 7.64. The number of methoxy groups -OCH3 is 3. The third kappa shape index (κ3) is 5.11. The number of amides is 2. The van der Waals surface area contributed by atoms with E-state index in [0.29, 0.717) is 23.0 Å². The van der Waals surface area contributed by atoms with Crippen molar-refractivity contribution in [3.8, 4) is 28.6 Å². The average molecular weight is 453 g/mol. The fraction of sp³-hybridized carbons (Fsp3) is 0.348. The zero-order valence-electron chi connectivity index (χ0n) is 18.8. The standard InChI is InChI=1S/C23H27N5O5/c1-31-18-8-4-15(5-9-18)21-26-27(23(30)28(21)17-6-7-17)11-10-24-22(29)25-16-12-19(32-2)14-20(13-16)33-3/h4-5,8-9,12-14,17H,6-7,10-11H2,1-3H3,(H2,24,25,29). The molecular formula is C23H27N5O5. The van der Waals surface area contributed by atoms with E-state index in [-0.39, 0.29) is 24.8 Å². The highest BCUT2D eigenvalue weighted by Crippen LogP contribution is 2.36. The van der Waals surface area contributed by atoms with Crippen molar-refractivity contribution in [2.75, 3.05) is 33.2 Å². The lowest BCUT2D eigenvalue weighted by molar-refractivity contribution is 0.251. The van der Waals surface area contributed by atoms with Gasteiger partial charge in [-0.1, -0.05) is 0 Å². The summed E-state index contributed by atoms with van der Waals surface area (Å²) in [5.41, 5.74) is 1.19. The number of nitrogens with zero attached hydrogens (tertiary/aromatic N) is 3. The highest BCUT2D eigenvalue weighted by molar-refractivity contribution is 5.89. The monoisotopic (exact) mass is 453 g/mol. The van der Waals surface area contributed by atoms with Gasteiger partial charge in [0.2, 0.25) is 0 Å². The third-order valence-corrected chi connectivity index (χ3v) is 5.35. The number of hydrogen-bond donors (Lipinski definition) is 2. The van der Waals surface area contributed by atoms with Crippen molar-refractivity contribution in [3.05, 3.63) is 52.9 Å². The van der Waals surface area contributed by atoms with Crippen LogP contribution in [0.4, 0.5) is 10.5 Å². The lowest BCUT2D eigenvalue weighted by atomic mass is 10.2. The normalized spacial score (nSPS) is 12.8. The van der Waals surface area contributed by atoms with Gasteiger partial charge in [0.05, 0.1) is 27.9 Å². The maximum absolute atomic E-state index is 13.0. The van der Waals surface area contributed by atoms with Crippen LogP contribution in [0.25, 0.3) is 11.4 Å². The highest BCUT2D eigenvalue weighted by Gasteiger charge is 2.30. The van der Waals surface area contributed by atoms with Crippen molar-refractivity contribution in [3.63, 3.8) is 0 Å². The van der Waals surface area contributed by atoms with E-state index in [1.54, 1.807) is 29.9 Å². The van der Waals surface area contributed by atoms with Gasteiger partial charge in [0.1, 0.15) is 17.2 Å². The van der Waals surface area contributed by atoms with Crippen LogP contribution in [-0.4, -0.2) is 48.3 Å². The van der Waals surface area contributed by atoms with Crippen molar-refractivity contribution >= 4 is 11.7 Å². The van der Waals surface area contributed by atoms with E-state index in [1.807, 2.05) is 24.3 Å². The summed E-state index contributed by atoms with van der Waals surface area (Å²) in [4.78, 5) is 25.3. The Kier molecular flexibility index (Phi) is 6.53. The molecule has 10 nitrogen and oxygen atoms in total. The maximum atomic E-state index is 13.0. The number of anilines is 1. The molecule has 0 radical (unpaired) electrons. The first-order valence-corrected chi connectivity index (χ1v) is 10.6. The first kappa shape index (κ1) is 22.3. The van der Waals surface area contributed by atoms with Crippen molar-refractivity contribution in [2.24, 2.45) is 0 Å². The predicted molar refractivity (Wildman–Crippen MR) is 123 cm³/mol. The molecule has 4 rings (SSSR count). The fourth-order valence-electron chi connectivity index (χ4n) is 3.49. The predicted octanol–water partition coefficient (Wildman–Crippen LogP) is 2.89. The number of carbonyl (C=O) groups is 1. The number of ether oxygens (including phenoxy) is 3. The summed E-state index contributed by atoms with van der Waals surface area (Å²) >= 11 is 0. The van der Waals surface area contributed by atoms with Crippen LogP contribution in [0.2, 0.25) is 0 Å². The Morgan fingerprint density at radius 1 is 1.00 bits per heavy atom. The molecule has 0 unspecified atom stereocenters. The molecule has 2 aromatic carbocycles. The van der Waals surface area contributed by atoms with Gasteiger partial charge in [0.15, 0.2) is 5.82 Å². The quantitative estimate of drug-likeness (QED) is 0.516. The van der Waals surface area contributed by atoms with Crippen LogP contribution in [0.5, 0.6) is 17.2 Å². The lowest BCUT2D eigenvalue weighted by Gasteiger charge is -2.10. The number of hydrogen-bond acceptors (Lipinski definition) is 6. The SMILES string of the molecule is COc1ccc(-c2nn(CCNC(=O)Nc3cc(OC)cc(OC)c3)c(=O)n2C2CC2)cc1. The van der Waals surface area contributed by atoms with Gasteiger partial charge in [-0.2, -0.15) is 0 Å². The smallest absolute Gasteiger partial charge is 0.346 e. The molecule has 1 aliphatic rings. The van der Waals surface area contributed by atoms with Gasteiger partial charge in [-0.3, -0.25) is 4.57 Å². The molecule has 1 fully saturated rings. The van der Waals surface area contributed by atoms with E-state index < -0.39 is 6.03 Å². The van der Waals surface area contributed by atoms with Gasteiger partial charge < -0.3 is 24.8 Å². The number of carbonyl (C=O) groups excluding carboxylic acids is 1. The summed E-state index contributed by atoms with van der Waals surface area (Å²) in [6, 6.07) is 12.3. The minimum absolute atomic E-state index is 0.169. The number of rotatable bonds is 9. The molecule has 0 bridgehead atoms. The zero-order chi connectivity index (χ0) is 23.4. The summed E-state index contributed by atoms with van der Waals surface area (Å²) in [6.45, 7) is 0.479. The topological polar surface area (TPSA) is 109 Å². The summed E-state index contributed by atoms with van der Waals surface area (Å²) in [7, 11) is 4.69. The largest absolute Gasteiger partial charge is 0.497 e. The maximum Gasteiger partial charge on any atom is 0.346 e. The molecule has 0 spiro atoms. The molecule has 10 heteroatoms. The van der Waals surface area contributed by atoms with E-state index in [9.17, 15) is 9.59 Å². The van der Waals surface area contributed by atoms with Crippen LogP contribution in [-0.2, 0) is 6.54 Å². The third-order valence-electron chi connectivity index (χ3n) is 5.35. The number of benzene rings is 2. The van der Waals surface area contributed by atoms with Crippen LogP contribution in [0.1, 0.15) is 18.9 Å². The molecular weight excluding hydrogens is 426 g/mol. The Labute approximate surface area is 191 Å². The Bertz CT molecular complexity index is 1160. The van der Waals surface area contributed by atoms with E-state index in [2.05, 4.69) is 15.7 Å². The molecule has 33 heavy (non-hydrogen) atoms. The van der Waals surface area contributed by atoms with Crippen LogP contribution in [0.15, 0.2) is 47.3 Å². The molecule has 174 valence electrons. The minimum atomic E-state index is -0.407. The Hall–Kier alpha value is -3.95. The lowest BCUT2D eigenvalue weighted by Crippen LogP contribution is -2.34. The van der Waals surface area contributed by atoms with Gasteiger partial charge in [0.25, 0.3) is 0 Å². The van der Waals surface area contributed by atoms with E-state index in [4.69, 9.17) is 14.2 Å². The molecule has 0 atom stereocenters. The first-order chi connectivity index (χ1) is 16.0. The summed E-state index contributed by atoms with van der Waals surface area (Å²) in [6.07, 6.45) is 1.92. The molecule has 2 amide bonds. The molecule has 2 N–H and O–H groups in total. The fourth-order valence-corrected chi connectivity index (χ4v) is 3.49. The number of urea groups is 1. The highest BCUT2D eigenvalue weighted by atomic mass is 16.5. The van der Waals surface area contributed by atoms with Gasteiger partial charge >= 0.3 is 11.7 Å². The van der Waals surface area contributed by atoms with E-state index in [1.165, 1.54) is 18.9 Å². The molecule has 0 saturated heterocycles. The van der Waals surface area contributed by atoms with Gasteiger partial charge in [0, 0.05) is 42.0 Å². The van der Waals surface area contributed by atoms with Crippen LogP contribution in [0, 0.1) is 0 Å². The number of nitrogens with one attached hydrogen (secondary N) is 2. The van der Waals surface area contributed by atoms with Gasteiger partial charge in [-0.25, -0.2) is 14.3 Å². The second kappa shape index (κ2) is 9.68.